The van der Waals surface area contributed by atoms with E-state index in [9.17, 15) is 24.3 Å². The summed E-state index contributed by atoms with van der Waals surface area (Å²) in [6, 6.07) is 36.0. The Morgan fingerprint density at radius 2 is 1.43 bits per heavy atom. The Bertz CT molecular complexity index is 2000. The van der Waals surface area contributed by atoms with E-state index in [1.165, 1.54) is 44.0 Å². The van der Waals surface area contributed by atoms with Crippen molar-refractivity contribution < 1.29 is 29.0 Å². The molecule has 0 aliphatic rings. The number of phenols is 1. The monoisotopic (exact) mass is 671 g/mol. The van der Waals surface area contributed by atoms with E-state index in [4.69, 9.17) is 4.74 Å². The smallest absolute Gasteiger partial charge is 0.272 e. The third-order valence-corrected chi connectivity index (χ3v) is 8.54. The lowest BCUT2D eigenvalue weighted by molar-refractivity contribution is -0.116. The van der Waals surface area contributed by atoms with Gasteiger partial charge in [0, 0.05) is 39.0 Å². The molecular weight excluding hydrogens is 639 g/mol. The molecule has 5 aromatic rings. The van der Waals surface area contributed by atoms with E-state index in [-0.39, 0.29) is 23.1 Å². The van der Waals surface area contributed by atoms with Crippen LogP contribution in [0.15, 0.2) is 138 Å². The van der Waals surface area contributed by atoms with Gasteiger partial charge in [-0.2, -0.15) is 0 Å². The number of nitrogens with one attached hydrogen (secondary N) is 3. The number of rotatable bonds is 12. The molecule has 0 fully saturated rings. The molecule has 0 aromatic heterocycles. The molecule has 3 amide bonds. The number of ketones is 1. The van der Waals surface area contributed by atoms with Gasteiger partial charge in [0.05, 0.1) is 7.11 Å². The Kier molecular flexibility index (Phi) is 11.3. The first-order chi connectivity index (χ1) is 23.7. The van der Waals surface area contributed by atoms with Gasteiger partial charge in [0.15, 0.2) is 5.78 Å². The molecule has 5 aromatic carbocycles. The highest BCUT2D eigenvalue weighted by molar-refractivity contribution is 8.00. The van der Waals surface area contributed by atoms with Crippen LogP contribution in [0, 0.1) is 0 Å². The average Bonchev–Trinajstić information content (AvgIpc) is 3.12. The fourth-order valence-electron chi connectivity index (χ4n) is 4.80. The highest BCUT2D eigenvalue weighted by atomic mass is 32.2. The van der Waals surface area contributed by atoms with Crippen molar-refractivity contribution >= 4 is 52.7 Å². The van der Waals surface area contributed by atoms with Crippen LogP contribution in [0.2, 0.25) is 0 Å². The van der Waals surface area contributed by atoms with E-state index in [1.54, 1.807) is 78.9 Å². The number of benzene rings is 5. The normalized spacial score (nSPS) is 11.6. The van der Waals surface area contributed by atoms with E-state index in [2.05, 4.69) is 16.0 Å². The molecule has 49 heavy (non-hydrogen) atoms. The van der Waals surface area contributed by atoms with Crippen LogP contribution in [0.3, 0.4) is 0 Å². The lowest BCUT2D eigenvalue weighted by Crippen LogP contribution is -2.30. The summed E-state index contributed by atoms with van der Waals surface area (Å²) < 4.78 is 5.38. The number of thioether (sulfide) groups is 1. The van der Waals surface area contributed by atoms with Crippen molar-refractivity contribution in [2.75, 3.05) is 17.7 Å². The van der Waals surface area contributed by atoms with Crippen LogP contribution in [0.4, 0.5) is 11.4 Å². The number of phenolic OH excluding ortho intramolecular Hbond substituents is 1. The van der Waals surface area contributed by atoms with Crippen LogP contribution >= 0.6 is 11.8 Å². The molecule has 0 radical (unpaired) electrons. The molecule has 0 spiro atoms. The van der Waals surface area contributed by atoms with Gasteiger partial charge in [0.1, 0.15) is 22.4 Å². The van der Waals surface area contributed by atoms with Gasteiger partial charge in [0.2, 0.25) is 5.91 Å². The van der Waals surface area contributed by atoms with Gasteiger partial charge in [-0.15, -0.1) is 11.8 Å². The lowest BCUT2D eigenvalue weighted by atomic mass is 10.1. The SMILES string of the molecule is COc1cc(O)ccc1/C=C(/NC(=O)c1ccccc1)C(=O)Nc1cccc(SC(C(=O)Nc2ccc(C(C)=O)cc2)c2ccccc2)c1. The van der Waals surface area contributed by atoms with Gasteiger partial charge in [-0.1, -0.05) is 54.6 Å². The van der Waals surface area contributed by atoms with Crippen molar-refractivity contribution in [3.63, 3.8) is 0 Å². The zero-order valence-electron chi connectivity index (χ0n) is 26.7. The van der Waals surface area contributed by atoms with Crippen LogP contribution in [0.5, 0.6) is 11.5 Å². The third kappa shape index (κ3) is 9.24. The molecule has 4 N–H and O–H groups in total. The second-order valence-electron chi connectivity index (χ2n) is 10.8. The lowest BCUT2D eigenvalue weighted by Gasteiger charge is -2.18. The van der Waals surface area contributed by atoms with Crippen molar-refractivity contribution in [3.8, 4) is 11.5 Å². The average molecular weight is 672 g/mol. The molecule has 1 atom stereocenters. The molecule has 0 saturated carbocycles. The third-order valence-electron chi connectivity index (χ3n) is 7.29. The van der Waals surface area contributed by atoms with Gasteiger partial charge >= 0.3 is 0 Å². The zero-order valence-corrected chi connectivity index (χ0v) is 27.5. The van der Waals surface area contributed by atoms with E-state index >= 15 is 0 Å². The van der Waals surface area contributed by atoms with Crippen LogP contribution < -0.4 is 20.7 Å². The minimum atomic E-state index is -0.651. The number of Topliss-reactive ketones (excluding diaryl/α,β-unsaturated/α-hetero) is 1. The molecule has 1 unspecified atom stereocenters. The van der Waals surface area contributed by atoms with Gasteiger partial charge < -0.3 is 25.8 Å². The second kappa shape index (κ2) is 16.1. The molecule has 0 aliphatic carbocycles. The molecule has 9 nitrogen and oxygen atoms in total. The number of amides is 3. The summed E-state index contributed by atoms with van der Waals surface area (Å²) in [7, 11) is 1.44. The maximum atomic E-state index is 13.7. The highest BCUT2D eigenvalue weighted by Gasteiger charge is 2.23. The van der Waals surface area contributed by atoms with Crippen molar-refractivity contribution in [3.05, 3.63) is 155 Å². The molecule has 0 saturated heterocycles. The molecule has 0 bridgehead atoms. The Balaban J connectivity index is 1.39. The standard InChI is InChI=1S/C39H33N3O6S/c1-25(43)26-16-19-30(20-17-26)40-39(47)36(27-10-5-3-6-11-27)49-33-15-9-14-31(23-33)41-38(46)34(42-37(45)28-12-7-4-8-13-28)22-29-18-21-32(44)24-35(29)48-2/h3-24,36,44H,1-2H3,(H,40,47)(H,41,46)(H,42,45)/b34-22+. The highest BCUT2D eigenvalue weighted by Crippen LogP contribution is 2.37. The van der Waals surface area contributed by atoms with Gasteiger partial charge in [-0.05, 0) is 85.3 Å². The molecule has 0 aliphatic heterocycles. The molecule has 0 heterocycles. The first kappa shape index (κ1) is 34.2. The quantitative estimate of drug-likeness (QED) is 0.0614. The van der Waals surface area contributed by atoms with Crippen LogP contribution in [0.25, 0.3) is 6.08 Å². The topological polar surface area (TPSA) is 134 Å². The maximum Gasteiger partial charge on any atom is 0.272 e. The summed E-state index contributed by atoms with van der Waals surface area (Å²) in [6.45, 7) is 1.48. The predicted octanol–water partition coefficient (Wildman–Crippen LogP) is 7.49. The van der Waals surface area contributed by atoms with Gasteiger partial charge in [0.25, 0.3) is 11.8 Å². The largest absolute Gasteiger partial charge is 0.508 e. The number of carbonyl (C=O) groups is 4. The minimum absolute atomic E-state index is 0.0176. The molecule has 5 rings (SSSR count). The molecule has 246 valence electrons. The van der Waals surface area contributed by atoms with Crippen molar-refractivity contribution in [1.29, 1.82) is 0 Å². The first-order valence-electron chi connectivity index (χ1n) is 15.2. The van der Waals surface area contributed by atoms with E-state index in [1.807, 2.05) is 36.4 Å². The zero-order chi connectivity index (χ0) is 34.8. The minimum Gasteiger partial charge on any atom is -0.508 e. The summed E-state index contributed by atoms with van der Waals surface area (Å²) >= 11 is 1.30. The molecular formula is C39H33N3O6S. The van der Waals surface area contributed by atoms with Gasteiger partial charge in [-0.25, -0.2) is 0 Å². The summed E-state index contributed by atoms with van der Waals surface area (Å²) in [5, 5.41) is 17.8. The second-order valence-corrected chi connectivity index (χ2v) is 12.0. The van der Waals surface area contributed by atoms with Crippen LogP contribution in [-0.4, -0.2) is 35.7 Å². The number of aromatic hydroxyl groups is 1. The number of methoxy groups -OCH3 is 1. The number of ether oxygens (including phenoxy) is 1. The van der Waals surface area contributed by atoms with Crippen LogP contribution in [-0.2, 0) is 9.59 Å². The van der Waals surface area contributed by atoms with Crippen molar-refractivity contribution in [2.45, 2.75) is 17.1 Å². The maximum absolute atomic E-state index is 13.7. The fraction of sp³-hybridized carbons (Fsp3) is 0.0769. The number of hydrogen-bond acceptors (Lipinski definition) is 7. The van der Waals surface area contributed by atoms with Gasteiger partial charge in [-0.3, -0.25) is 19.2 Å². The summed E-state index contributed by atoms with van der Waals surface area (Å²) in [5.74, 6) is -1.14. The summed E-state index contributed by atoms with van der Waals surface area (Å²) in [6.07, 6.45) is 1.46. The number of hydrogen-bond donors (Lipinski definition) is 4. The number of carbonyl (C=O) groups excluding carboxylic acids is 4. The Morgan fingerprint density at radius 1 is 0.735 bits per heavy atom. The van der Waals surface area contributed by atoms with E-state index in [0.29, 0.717) is 38.7 Å². The summed E-state index contributed by atoms with van der Waals surface area (Å²) in [4.78, 5) is 52.8. The van der Waals surface area contributed by atoms with Crippen molar-refractivity contribution in [1.82, 2.24) is 5.32 Å². The Morgan fingerprint density at radius 3 is 2.10 bits per heavy atom. The Labute approximate surface area is 288 Å². The fourth-order valence-corrected chi connectivity index (χ4v) is 5.88. The molecule has 10 heteroatoms. The predicted molar refractivity (Wildman–Crippen MR) is 192 cm³/mol. The Hall–Kier alpha value is -6.13. The number of anilines is 2. The first-order valence-corrected chi connectivity index (χ1v) is 16.1. The summed E-state index contributed by atoms with van der Waals surface area (Å²) in [5.41, 5.74) is 3.06. The van der Waals surface area contributed by atoms with Crippen molar-refractivity contribution in [2.24, 2.45) is 0 Å². The van der Waals surface area contributed by atoms with E-state index in [0.717, 1.165) is 5.56 Å². The van der Waals surface area contributed by atoms with E-state index < -0.39 is 17.1 Å². The van der Waals surface area contributed by atoms with Crippen LogP contribution in [0.1, 0.15) is 44.0 Å².